The van der Waals surface area contributed by atoms with Gasteiger partial charge >= 0.3 is 0 Å². The lowest BCUT2D eigenvalue weighted by Gasteiger charge is -2.11. The van der Waals surface area contributed by atoms with Crippen molar-refractivity contribution in [2.24, 2.45) is 5.14 Å². The average Bonchev–Trinajstić information content (AvgIpc) is 2.30. The highest BCUT2D eigenvalue weighted by Crippen LogP contribution is 2.21. The molecule has 0 heterocycles. The molecule has 0 aliphatic heterocycles. The largest absolute Gasteiger partial charge is 0.325 e. The van der Waals surface area contributed by atoms with E-state index in [4.69, 9.17) is 5.14 Å². The van der Waals surface area contributed by atoms with Crippen molar-refractivity contribution in [3.05, 3.63) is 23.8 Å². The van der Waals surface area contributed by atoms with Crippen LogP contribution in [0.25, 0.3) is 0 Å². The van der Waals surface area contributed by atoms with E-state index < -0.39 is 10.0 Å². The third kappa shape index (κ3) is 4.62. The van der Waals surface area contributed by atoms with Gasteiger partial charge in [-0.1, -0.05) is 13.0 Å². The van der Waals surface area contributed by atoms with Gasteiger partial charge in [-0.05, 0) is 37.6 Å². The molecular weight excluding hydrogens is 266 g/mol. The highest BCUT2D eigenvalue weighted by Gasteiger charge is 2.14. The van der Waals surface area contributed by atoms with Gasteiger partial charge in [-0.15, -0.1) is 0 Å². The molecule has 1 aromatic carbocycles. The number of primary sulfonamides is 1. The van der Waals surface area contributed by atoms with Crippen molar-refractivity contribution in [3.63, 3.8) is 0 Å². The van der Waals surface area contributed by atoms with Crippen LogP contribution in [0.4, 0.5) is 5.69 Å². The van der Waals surface area contributed by atoms with Crippen LogP contribution in [-0.2, 0) is 14.8 Å². The first-order valence-corrected chi connectivity index (χ1v) is 7.54. The molecule has 0 aliphatic carbocycles. The van der Waals surface area contributed by atoms with E-state index in [2.05, 4.69) is 10.6 Å². The summed E-state index contributed by atoms with van der Waals surface area (Å²) in [6.07, 6.45) is 0.938. The van der Waals surface area contributed by atoms with Gasteiger partial charge in [-0.25, -0.2) is 13.6 Å². The van der Waals surface area contributed by atoms with Gasteiger partial charge in [0.25, 0.3) is 0 Å². The lowest BCUT2D eigenvalue weighted by atomic mass is 10.2. The van der Waals surface area contributed by atoms with Gasteiger partial charge in [0.15, 0.2) is 0 Å². The van der Waals surface area contributed by atoms with Crippen molar-refractivity contribution in [1.82, 2.24) is 5.32 Å². The molecule has 1 rings (SSSR count). The quantitative estimate of drug-likeness (QED) is 0.665. The minimum atomic E-state index is -3.78. The summed E-state index contributed by atoms with van der Waals surface area (Å²) in [4.78, 5) is 11.7. The monoisotopic (exact) mass is 285 g/mol. The molecule has 0 spiro atoms. The summed E-state index contributed by atoms with van der Waals surface area (Å²) < 4.78 is 22.7. The number of amides is 1. The van der Waals surface area contributed by atoms with Crippen molar-refractivity contribution in [1.29, 1.82) is 0 Å². The standard InChI is InChI=1S/C12H19N3O3S/c1-3-7-14-8-12(16)15-10-5-4-6-11(9(10)2)19(13,17)18/h4-6,14H,3,7-8H2,1-2H3,(H,15,16)(H2,13,17,18). The molecular formula is C12H19N3O3S. The van der Waals surface area contributed by atoms with Crippen LogP contribution in [0.5, 0.6) is 0 Å². The summed E-state index contributed by atoms with van der Waals surface area (Å²) in [5.74, 6) is -0.219. The first kappa shape index (κ1) is 15.6. The number of benzene rings is 1. The third-order valence-electron chi connectivity index (χ3n) is 2.58. The van der Waals surface area contributed by atoms with E-state index >= 15 is 0 Å². The van der Waals surface area contributed by atoms with Crippen LogP contribution in [-0.4, -0.2) is 27.4 Å². The summed E-state index contributed by atoms with van der Waals surface area (Å²) in [6.45, 7) is 4.55. The van der Waals surface area contributed by atoms with E-state index in [-0.39, 0.29) is 17.3 Å². The Kier molecular flexibility index (Phi) is 5.46. The highest BCUT2D eigenvalue weighted by molar-refractivity contribution is 7.89. The predicted octanol–water partition coefficient (Wildman–Crippen LogP) is 0.581. The van der Waals surface area contributed by atoms with E-state index in [1.807, 2.05) is 6.92 Å². The molecule has 7 heteroatoms. The summed E-state index contributed by atoms with van der Waals surface area (Å²) in [7, 11) is -3.78. The number of nitrogens with one attached hydrogen (secondary N) is 2. The van der Waals surface area contributed by atoms with Gasteiger partial charge in [0.05, 0.1) is 11.4 Å². The maximum absolute atomic E-state index is 11.6. The maximum Gasteiger partial charge on any atom is 0.238 e. The fourth-order valence-corrected chi connectivity index (χ4v) is 2.44. The van der Waals surface area contributed by atoms with Crippen LogP contribution >= 0.6 is 0 Å². The summed E-state index contributed by atoms with van der Waals surface area (Å²) >= 11 is 0. The first-order chi connectivity index (χ1) is 8.86. The van der Waals surface area contributed by atoms with Crippen molar-refractivity contribution >= 4 is 21.6 Å². The van der Waals surface area contributed by atoms with Crippen molar-refractivity contribution < 1.29 is 13.2 Å². The smallest absolute Gasteiger partial charge is 0.238 e. The second-order valence-electron chi connectivity index (χ2n) is 4.20. The first-order valence-electron chi connectivity index (χ1n) is 5.99. The Morgan fingerprint density at radius 2 is 2.05 bits per heavy atom. The molecule has 0 unspecified atom stereocenters. The number of nitrogens with two attached hydrogens (primary N) is 1. The van der Waals surface area contributed by atoms with Gasteiger partial charge in [-0.3, -0.25) is 4.79 Å². The SMILES string of the molecule is CCCNCC(=O)Nc1cccc(S(N)(=O)=O)c1C. The predicted molar refractivity (Wildman–Crippen MR) is 74.3 cm³/mol. The third-order valence-corrected chi connectivity index (χ3v) is 3.63. The minimum Gasteiger partial charge on any atom is -0.325 e. The fourth-order valence-electron chi connectivity index (χ4n) is 1.63. The molecule has 4 N–H and O–H groups in total. The topological polar surface area (TPSA) is 101 Å². The molecule has 1 aromatic rings. The molecule has 106 valence electrons. The van der Waals surface area contributed by atoms with Crippen molar-refractivity contribution in [3.8, 4) is 0 Å². The number of rotatable bonds is 6. The second-order valence-corrected chi connectivity index (χ2v) is 5.73. The molecule has 0 aromatic heterocycles. The lowest BCUT2D eigenvalue weighted by molar-refractivity contribution is -0.115. The molecule has 1 amide bonds. The molecule has 0 atom stereocenters. The second kappa shape index (κ2) is 6.65. The molecule has 0 saturated heterocycles. The van der Waals surface area contributed by atoms with Crippen molar-refractivity contribution in [2.75, 3.05) is 18.4 Å². The Hall–Kier alpha value is -1.44. The van der Waals surface area contributed by atoms with E-state index in [0.29, 0.717) is 11.3 Å². The Morgan fingerprint density at radius 3 is 2.63 bits per heavy atom. The number of carbonyl (C=O) groups excluding carboxylic acids is 1. The molecule has 19 heavy (non-hydrogen) atoms. The molecule has 0 fully saturated rings. The Morgan fingerprint density at radius 1 is 1.37 bits per heavy atom. The fraction of sp³-hybridized carbons (Fsp3) is 0.417. The molecule has 6 nitrogen and oxygen atoms in total. The summed E-state index contributed by atoms with van der Waals surface area (Å²) in [5, 5.41) is 10.7. The molecule has 0 bridgehead atoms. The normalized spacial score (nSPS) is 11.3. The van der Waals surface area contributed by atoms with Gasteiger partial charge in [0.1, 0.15) is 0 Å². The van der Waals surface area contributed by atoms with Crippen LogP contribution in [0.1, 0.15) is 18.9 Å². The van der Waals surface area contributed by atoms with Gasteiger partial charge in [0.2, 0.25) is 15.9 Å². The van der Waals surface area contributed by atoms with Gasteiger partial charge in [0, 0.05) is 5.69 Å². The maximum atomic E-state index is 11.6. The summed E-state index contributed by atoms with van der Waals surface area (Å²) in [5.41, 5.74) is 0.892. The van der Waals surface area contributed by atoms with Crippen LogP contribution in [0.3, 0.4) is 0 Å². The van der Waals surface area contributed by atoms with Crippen LogP contribution in [0.2, 0.25) is 0 Å². The van der Waals surface area contributed by atoms with E-state index in [0.717, 1.165) is 13.0 Å². The van der Waals surface area contributed by atoms with Crippen LogP contribution in [0, 0.1) is 6.92 Å². The Balaban J connectivity index is 2.83. The number of hydrogen-bond acceptors (Lipinski definition) is 4. The van der Waals surface area contributed by atoms with Crippen molar-refractivity contribution in [2.45, 2.75) is 25.2 Å². The number of carbonyl (C=O) groups is 1. The molecule has 0 saturated carbocycles. The number of hydrogen-bond donors (Lipinski definition) is 3. The van der Waals surface area contributed by atoms with Gasteiger partial charge < -0.3 is 10.6 Å². The van der Waals surface area contributed by atoms with Crippen LogP contribution in [0.15, 0.2) is 23.1 Å². The Labute approximate surface area is 113 Å². The lowest BCUT2D eigenvalue weighted by Crippen LogP contribution is -2.29. The molecule has 0 aliphatic rings. The summed E-state index contributed by atoms with van der Waals surface area (Å²) in [6, 6.07) is 4.60. The van der Waals surface area contributed by atoms with Gasteiger partial charge in [-0.2, -0.15) is 0 Å². The highest BCUT2D eigenvalue weighted by atomic mass is 32.2. The Bertz CT molecular complexity index is 555. The zero-order valence-electron chi connectivity index (χ0n) is 11.1. The number of anilines is 1. The van der Waals surface area contributed by atoms with Crippen LogP contribution < -0.4 is 15.8 Å². The average molecular weight is 285 g/mol. The minimum absolute atomic E-state index is 0.0202. The molecule has 0 radical (unpaired) electrons. The zero-order valence-corrected chi connectivity index (χ0v) is 11.9. The van der Waals surface area contributed by atoms with E-state index in [9.17, 15) is 13.2 Å². The van der Waals surface area contributed by atoms with E-state index in [1.165, 1.54) is 6.07 Å². The van der Waals surface area contributed by atoms with E-state index in [1.54, 1.807) is 19.1 Å². The zero-order chi connectivity index (χ0) is 14.5. The number of sulfonamides is 1.